The number of nitrogens with zero attached hydrogens (tertiary/aromatic N) is 5. The molecule has 2 fully saturated rings. The average molecular weight is 516 g/mol. The molecule has 3 aromatic rings. The fraction of sp³-hybridized carbons (Fsp3) is 0.414. The van der Waals surface area contributed by atoms with E-state index in [1.165, 1.54) is 24.6 Å². The molecule has 0 amide bonds. The minimum Gasteiger partial charge on any atom is -0.497 e. The molecular formula is C29H33N5O2S. The molecule has 0 unspecified atom stereocenters. The van der Waals surface area contributed by atoms with Crippen LogP contribution in [0.15, 0.2) is 64.5 Å². The quantitative estimate of drug-likeness (QED) is 0.375. The van der Waals surface area contributed by atoms with E-state index >= 15 is 0 Å². The maximum Gasteiger partial charge on any atom is 0.232 e. The Hall–Kier alpha value is -3.28. The second-order valence-electron chi connectivity index (χ2n) is 10.1. The number of piperazine rings is 1. The first kappa shape index (κ1) is 25.4. The topological polar surface area (TPSA) is 74.5 Å². The highest BCUT2D eigenvalue weighted by atomic mass is 32.2. The van der Waals surface area contributed by atoms with Gasteiger partial charge in [-0.3, -0.25) is 4.90 Å². The number of anilines is 1. The van der Waals surface area contributed by atoms with Crippen LogP contribution in [-0.2, 0) is 6.61 Å². The molecule has 1 aromatic heterocycles. The third-order valence-corrected chi connectivity index (χ3v) is 8.39. The molecule has 1 aliphatic carbocycles. The molecule has 2 aliphatic rings. The van der Waals surface area contributed by atoms with Gasteiger partial charge in [-0.1, -0.05) is 23.9 Å². The first-order chi connectivity index (χ1) is 18.0. The van der Waals surface area contributed by atoms with Crippen molar-refractivity contribution in [3.05, 3.63) is 65.9 Å². The highest BCUT2D eigenvalue weighted by Gasteiger charge is 2.42. The SMILES string of the molecule is COc1cccc(COc2nc(N3CCN(C(C)(C)C4CC4)CC3)ncc2Sc2ccc(C#N)cc2)c1. The van der Waals surface area contributed by atoms with Crippen LogP contribution in [0.5, 0.6) is 11.6 Å². The lowest BCUT2D eigenvalue weighted by molar-refractivity contribution is 0.0915. The highest BCUT2D eigenvalue weighted by Crippen LogP contribution is 2.43. The number of aromatic nitrogens is 2. The van der Waals surface area contributed by atoms with Crippen LogP contribution in [0.4, 0.5) is 5.95 Å². The molecule has 0 spiro atoms. The predicted molar refractivity (Wildman–Crippen MR) is 145 cm³/mol. The van der Waals surface area contributed by atoms with E-state index in [-0.39, 0.29) is 5.54 Å². The minimum absolute atomic E-state index is 0.263. The molecule has 8 heteroatoms. The third-order valence-electron chi connectivity index (χ3n) is 7.38. The van der Waals surface area contributed by atoms with Crippen LogP contribution < -0.4 is 14.4 Å². The van der Waals surface area contributed by atoms with Crippen molar-refractivity contribution in [1.29, 1.82) is 5.26 Å². The molecule has 1 aliphatic heterocycles. The molecule has 0 N–H and O–H groups in total. The van der Waals surface area contributed by atoms with E-state index in [0.717, 1.165) is 53.2 Å². The lowest BCUT2D eigenvalue weighted by Gasteiger charge is -2.44. The molecule has 0 atom stereocenters. The van der Waals surface area contributed by atoms with Gasteiger partial charge in [0.05, 0.1) is 29.8 Å². The summed E-state index contributed by atoms with van der Waals surface area (Å²) in [5.41, 5.74) is 1.90. The summed E-state index contributed by atoms with van der Waals surface area (Å²) >= 11 is 1.53. The summed E-state index contributed by atoms with van der Waals surface area (Å²) in [4.78, 5) is 16.3. The summed E-state index contributed by atoms with van der Waals surface area (Å²) in [6.45, 7) is 8.95. The summed E-state index contributed by atoms with van der Waals surface area (Å²) in [6, 6.07) is 17.5. The Morgan fingerprint density at radius 2 is 1.84 bits per heavy atom. The molecular weight excluding hydrogens is 482 g/mol. The molecule has 1 saturated carbocycles. The number of hydrogen-bond donors (Lipinski definition) is 0. The fourth-order valence-electron chi connectivity index (χ4n) is 4.84. The van der Waals surface area contributed by atoms with Crippen molar-refractivity contribution in [3.8, 4) is 17.7 Å². The first-order valence-electron chi connectivity index (χ1n) is 12.8. The Balaban J connectivity index is 1.34. The Kier molecular flexibility index (Phi) is 7.54. The monoisotopic (exact) mass is 515 g/mol. The Morgan fingerprint density at radius 3 is 2.51 bits per heavy atom. The molecule has 0 bridgehead atoms. The normalized spacial score (nSPS) is 16.3. The van der Waals surface area contributed by atoms with Gasteiger partial charge in [-0.05, 0) is 74.6 Å². The van der Waals surface area contributed by atoms with Gasteiger partial charge < -0.3 is 14.4 Å². The Labute approximate surface area is 223 Å². The number of ether oxygens (including phenoxy) is 2. The first-order valence-corrected chi connectivity index (χ1v) is 13.6. The number of hydrogen-bond acceptors (Lipinski definition) is 8. The van der Waals surface area contributed by atoms with E-state index in [9.17, 15) is 0 Å². The van der Waals surface area contributed by atoms with Crippen molar-refractivity contribution in [1.82, 2.24) is 14.9 Å². The smallest absolute Gasteiger partial charge is 0.232 e. The largest absolute Gasteiger partial charge is 0.497 e. The van der Waals surface area contributed by atoms with Gasteiger partial charge >= 0.3 is 0 Å². The van der Waals surface area contributed by atoms with E-state index < -0.39 is 0 Å². The van der Waals surface area contributed by atoms with E-state index in [2.05, 4.69) is 29.7 Å². The van der Waals surface area contributed by atoms with Gasteiger partial charge in [-0.25, -0.2) is 4.98 Å². The van der Waals surface area contributed by atoms with Crippen molar-refractivity contribution in [2.24, 2.45) is 5.92 Å². The number of nitriles is 1. The third kappa shape index (κ3) is 6.00. The van der Waals surface area contributed by atoms with Crippen LogP contribution in [0, 0.1) is 17.2 Å². The highest BCUT2D eigenvalue weighted by molar-refractivity contribution is 7.99. The molecule has 5 rings (SSSR count). The predicted octanol–water partition coefficient (Wildman–Crippen LogP) is 5.40. The van der Waals surface area contributed by atoms with Crippen molar-refractivity contribution >= 4 is 17.7 Å². The zero-order valence-corrected chi connectivity index (χ0v) is 22.5. The lowest BCUT2D eigenvalue weighted by atomic mass is 9.95. The van der Waals surface area contributed by atoms with Crippen LogP contribution in [0.3, 0.4) is 0 Å². The second kappa shape index (κ2) is 11.0. The minimum atomic E-state index is 0.263. The van der Waals surface area contributed by atoms with Crippen LogP contribution in [-0.4, -0.2) is 53.7 Å². The maximum absolute atomic E-state index is 9.11. The van der Waals surface area contributed by atoms with E-state index in [4.69, 9.17) is 24.7 Å². The summed E-state index contributed by atoms with van der Waals surface area (Å²) in [5.74, 6) is 2.88. The fourth-order valence-corrected chi connectivity index (χ4v) is 5.66. The number of methoxy groups -OCH3 is 1. The Bertz CT molecular complexity index is 1260. The van der Waals surface area contributed by atoms with Gasteiger partial charge in [0.2, 0.25) is 11.8 Å². The lowest BCUT2D eigenvalue weighted by Crippen LogP contribution is -2.55. The molecule has 2 aromatic carbocycles. The Morgan fingerprint density at radius 1 is 1.08 bits per heavy atom. The van der Waals surface area contributed by atoms with Crippen molar-refractivity contribution in [2.45, 2.75) is 48.6 Å². The van der Waals surface area contributed by atoms with Crippen molar-refractivity contribution in [2.75, 3.05) is 38.2 Å². The number of benzene rings is 2. The van der Waals surface area contributed by atoms with E-state index in [1.807, 2.05) is 54.7 Å². The molecule has 1 saturated heterocycles. The maximum atomic E-state index is 9.11. The van der Waals surface area contributed by atoms with Gasteiger partial charge in [-0.2, -0.15) is 10.2 Å². The average Bonchev–Trinajstić information content (AvgIpc) is 3.80. The van der Waals surface area contributed by atoms with E-state index in [0.29, 0.717) is 24.0 Å². The van der Waals surface area contributed by atoms with Crippen molar-refractivity contribution in [3.63, 3.8) is 0 Å². The zero-order chi connectivity index (χ0) is 25.8. The molecule has 37 heavy (non-hydrogen) atoms. The van der Waals surface area contributed by atoms with Crippen LogP contribution >= 0.6 is 11.8 Å². The molecule has 192 valence electrons. The van der Waals surface area contributed by atoms with Crippen molar-refractivity contribution < 1.29 is 9.47 Å². The summed E-state index contributed by atoms with van der Waals surface area (Å²) < 4.78 is 11.6. The molecule has 0 radical (unpaired) electrons. The van der Waals surface area contributed by atoms with Crippen LogP contribution in [0.25, 0.3) is 0 Å². The summed E-state index contributed by atoms with van der Waals surface area (Å²) in [6.07, 6.45) is 4.55. The van der Waals surface area contributed by atoms with Gasteiger partial charge in [0.15, 0.2) is 0 Å². The van der Waals surface area contributed by atoms with Gasteiger partial charge in [0.25, 0.3) is 0 Å². The van der Waals surface area contributed by atoms with Gasteiger partial charge in [0, 0.05) is 36.6 Å². The van der Waals surface area contributed by atoms with E-state index in [1.54, 1.807) is 7.11 Å². The number of rotatable bonds is 9. The zero-order valence-electron chi connectivity index (χ0n) is 21.7. The summed E-state index contributed by atoms with van der Waals surface area (Å²) in [5, 5.41) is 9.11. The summed E-state index contributed by atoms with van der Waals surface area (Å²) in [7, 11) is 1.66. The molecule has 2 heterocycles. The van der Waals surface area contributed by atoms with Crippen LogP contribution in [0.2, 0.25) is 0 Å². The second-order valence-corrected chi connectivity index (χ2v) is 11.2. The standard InChI is InChI=1S/C29H33N5O2S/c1-29(2,23-9-10-23)34-15-13-33(14-16-34)28-31-19-26(37-25-11-7-21(18-30)8-12-25)27(32-28)36-20-22-5-4-6-24(17-22)35-3/h4-8,11-12,17,19,23H,9-10,13-16,20H2,1-3H3. The van der Waals surface area contributed by atoms with Gasteiger partial charge in [-0.15, -0.1) is 0 Å². The molecule has 7 nitrogen and oxygen atoms in total. The van der Waals surface area contributed by atoms with Gasteiger partial charge in [0.1, 0.15) is 12.4 Å². The van der Waals surface area contributed by atoms with Crippen LogP contribution in [0.1, 0.15) is 37.8 Å².